The van der Waals surface area contributed by atoms with Crippen molar-refractivity contribution in [1.29, 1.82) is 0 Å². The van der Waals surface area contributed by atoms with Gasteiger partial charge in [-0.15, -0.1) is 0 Å². The zero-order valence-corrected chi connectivity index (χ0v) is 13.6. The van der Waals surface area contributed by atoms with E-state index in [-0.39, 0.29) is 5.91 Å². The van der Waals surface area contributed by atoms with Gasteiger partial charge in [0.05, 0.1) is 12.1 Å². The van der Waals surface area contributed by atoms with E-state index >= 15 is 0 Å². The summed E-state index contributed by atoms with van der Waals surface area (Å²) < 4.78 is 5.57. The summed E-state index contributed by atoms with van der Waals surface area (Å²) in [4.78, 5) is 14.4. The lowest BCUT2D eigenvalue weighted by molar-refractivity contribution is -0.126. The van der Waals surface area contributed by atoms with Gasteiger partial charge in [0.15, 0.2) is 0 Å². The van der Waals surface area contributed by atoms with Crippen molar-refractivity contribution in [3.05, 3.63) is 0 Å². The molecule has 1 heterocycles. The highest BCUT2D eigenvalue weighted by atomic mass is 16.5. The van der Waals surface area contributed by atoms with Crippen LogP contribution >= 0.6 is 0 Å². The highest BCUT2D eigenvalue weighted by Crippen LogP contribution is 2.31. The Bertz CT molecular complexity index is 340. The van der Waals surface area contributed by atoms with E-state index < -0.39 is 5.54 Å². The maximum Gasteiger partial charge on any atom is 0.237 e. The minimum atomic E-state index is -0.505. The third-order valence-corrected chi connectivity index (χ3v) is 5.14. The fourth-order valence-corrected chi connectivity index (χ4v) is 3.94. The Morgan fingerprint density at radius 3 is 2.86 bits per heavy atom. The lowest BCUT2D eigenvalue weighted by Crippen LogP contribution is -2.60. The number of nitrogens with one attached hydrogen (secondary N) is 1. The number of primary amides is 1. The van der Waals surface area contributed by atoms with Crippen molar-refractivity contribution < 1.29 is 9.53 Å². The van der Waals surface area contributed by atoms with E-state index in [0.717, 1.165) is 52.0 Å². The molecule has 122 valence electrons. The smallest absolute Gasteiger partial charge is 0.237 e. The topological polar surface area (TPSA) is 67.6 Å². The third-order valence-electron chi connectivity index (χ3n) is 5.14. The lowest BCUT2D eigenvalue weighted by Gasteiger charge is -2.43. The van der Waals surface area contributed by atoms with E-state index in [0.29, 0.717) is 12.0 Å². The molecule has 0 radical (unpaired) electrons. The Labute approximate surface area is 128 Å². The predicted octanol–water partition coefficient (Wildman–Crippen LogP) is 1.12. The van der Waals surface area contributed by atoms with Gasteiger partial charge in [-0.3, -0.25) is 4.79 Å². The standard InChI is InChI=1S/C16H31N3O2/c1-3-18-16(15(17)20)8-4-7-14(10-16)19(2)11-13-6-5-9-21-12-13/h13-14,18H,3-12H2,1-2H3,(H2,17,20). The molecule has 5 heteroatoms. The van der Waals surface area contributed by atoms with Gasteiger partial charge < -0.3 is 20.7 Å². The Balaban J connectivity index is 1.93. The number of ether oxygens (including phenoxy) is 1. The zero-order chi connectivity index (χ0) is 15.3. The van der Waals surface area contributed by atoms with Crippen LogP contribution in [-0.2, 0) is 9.53 Å². The molecule has 1 aliphatic carbocycles. The highest BCUT2D eigenvalue weighted by Gasteiger charge is 2.41. The third kappa shape index (κ3) is 4.18. The number of rotatable bonds is 6. The molecule has 0 spiro atoms. The van der Waals surface area contributed by atoms with E-state index in [1.165, 1.54) is 12.8 Å². The maximum atomic E-state index is 11.9. The van der Waals surface area contributed by atoms with Gasteiger partial charge in [-0.05, 0) is 58.0 Å². The molecule has 0 aromatic carbocycles. The number of nitrogens with two attached hydrogens (primary N) is 1. The van der Waals surface area contributed by atoms with Gasteiger partial charge in [0.1, 0.15) is 0 Å². The average Bonchev–Trinajstić information content (AvgIpc) is 2.48. The molecule has 2 rings (SSSR count). The summed E-state index contributed by atoms with van der Waals surface area (Å²) in [5.41, 5.74) is 5.19. The van der Waals surface area contributed by atoms with Crippen molar-refractivity contribution in [2.24, 2.45) is 11.7 Å². The van der Waals surface area contributed by atoms with Crippen molar-refractivity contribution in [1.82, 2.24) is 10.2 Å². The predicted molar refractivity (Wildman–Crippen MR) is 84.0 cm³/mol. The Morgan fingerprint density at radius 2 is 2.24 bits per heavy atom. The first-order valence-corrected chi connectivity index (χ1v) is 8.40. The summed E-state index contributed by atoms with van der Waals surface area (Å²) in [5, 5.41) is 3.36. The van der Waals surface area contributed by atoms with Crippen LogP contribution in [0.15, 0.2) is 0 Å². The number of nitrogens with zero attached hydrogens (tertiary/aromatic N) is 1. The number of likely N-dealkylation sites (N-methyl/N-ethyl adjacent to an activating group) is 1. The number of carbonyl (C=O) groups is 1. The Kier molecular flexibility index (Phi) is 6.02. The molecule has 2 fully saturated rings. The van der Waals surface area contributed by atoms with Crippen molar-refractivity contribution in [3.8, 4) is 0 Å². The van der Waals surface area contributed by atoms with Crippen LogP contribution in [0.1, 0.15) is 45.4 Å². The molecular weight excluding hydrogens is 266 g/mol. The molecule has 3 unspecified atom stereocenters. The van der Waals surface area contributed by atoms with Crippen LogP contribution in [0.2, 0.25) is 0 Å². The molecule has 0 aromatic heterocycles. The van der Waals surface area contributed by atoms with Crippen LogP contribution in [0.5, 0.6) is 0 Å². The summed E-state index contributed by atoms with van der Waals surface area (Å²) in [6, 6.07) is 0.437. The summed E-state index contributed by atoms with van der Waals surface area (Å²) in [5.74, 6) is 0.441. The van der Waals surface area contributed by atoms with Crippen LogP contribution in [0, 0.1) is 5.92 Å². The van der Waals surface area contributed by atoms with Crippen molar-refractivity contribution in [2.45, 2.75) is 57.0 Å². The summed E-state index contributed by atoms with van der Waals surface area (Å²) in [6.07, 6.45) is 6.35. The van der Waals surface area contributed by atoms with Gasteiger partial charge in [-0.25, -0.2) is 0 Å². The Hall–Kier alpha value is -0.650. The highest BCUT2D eigenvalue weighted by molar-refractivity contribution is 5.84. The van der Waals surface area contributed by atoms with Gasteiger partial charge in [0, 0.05) is 19.2 Å². The second-order valence-electron chi connectivity index (χ2n) is 6.75. The van der Waals surface area contributed by atoms with Crippen LogP contribution in [0.25, 0.3) is 0 Å². The van der Waals surface area contributed by atoms with Gasteiger partial charge in [0.2, 0.25) is 5.91 Å². The molecule has 5 nitrogen and oxygen atoms in total. The molecule has 1 aliphatic heterocycles. The molecule has 3 atom stereocenters. The van der Waals surface area contributed by atoms with Crippen molar-refractivity contribution in [2.75, 3.05) is 33.4 Å². The zero-order valence-electron chi connectivity index (χ0n) is 13.6. The first-order chi connectivity index (χ1) is 10.1. The van der Waals surface area contributed by atoms with Gasteiger partial charge in [0.25, 0.3) is 0 Å². The normalized spacial score (nSPS) is 34.0. The van der Waals surface area contributed by atoms with Crippen LogP contribution in [0.3, 0.4) is 0 Å². The summed E-state index contributed by atoms with van der Waals surface area (Å²) >= 11 is 0. The first kappa shape index (κ1) is 16.7. The summed E-state index contributed by atoms with van der Waals surface area (Å²) in [7, 11) is 2.18. The number of carbonyl (C=O) groups excluding carboxylic acids is 1. The molecule has 0 bridgehead atoms. The molecule has 2 aliphatic rings. The SMILES string of the molecule is CCNC1(C(N)=O)CCCC(N(C)CC2CCCOC2)C1. The molecule has 1 amide bonds. The molecule has 21 heavy (non-hydrogen) atoms. The van der Waals surface area contributed by atoms with Gasteiger partial charge in [-0.2, -0.15) is 0 Å². The van der Waals surface area contributed by atoms with E-state index in [1.807, 2.05) is 6.92 Å². The first-order valence-electron chi connectivity index (χ1n) is 8.40. The molecule has 3 N–H and O–H groups in total. The fraction of sp³-hybridized carbons (Fsp3) is 0.938. The van der Waals surface area contributed by atoms with Crippen LogP contribution < -0.4 is 11.1 Å². The molecular formula is C16H31N3O2. The van der Waals surface area contributed by atoms with Crippen molar-refractivity contribution >= 4 is 5.91 Å². The van der Waals surface area contributed by atoms with Crippen molar-refractivity contribution in [3.63, 3.8) is 0 Å². The lowest BCUT2D eigenvalue weighted by atomic mass is 9.77. The average molecular weight is 297 g/mol. The van der Waals surface area contributed by atoms with Crippen LogP contribution in [0.4, 0.5) is 0 Å². The second-order valence-corrected chi connectivity index (χ2v) is 6.75. The van der Waals surface area contributed by atoms with E-state index in [4.69, 9.17) is 10.5 Å². The largest absolute Gasteiger partial charge is 0.381 e. The minimum absolute atomic E-state index is 0.191. The summed E-state index contributed by atoms with van der Waals surface area (Å²) in [6.45, 7) is 5.68. The molecule has 1 saturated carbocycles. The van der Waals surface area contributed by atoms with Crippen LogP contribution in [-0.4, -0.2) is 55.7 Å². The quantitative estimate of drug-likeness (QED) is 0.771. The van der Waals surface area contributed by atoms with Gasteiger partial charge in [-0.1, -0.05) is 6.92 Å². The molecule has 1 saturated heterocycles. The number of amides is 1. The maximum absolute atomic E-state index is 11.9. The minimum Gasteiger partial charge on any atom is -0.381 e. The second kappa shape index (κ2) is 7.56. The van der Waals surface area contributed by atoms with E-state index in [2.05, 4.69) is 17.3 Å². The number of hydrogen-bond acceptors (Lipinski definition) is 4. The molecule has 0 aromatic rings. The van der Waals surface area contributed by atoms with Gasteiger partial charge >= 0.3 is 0 Å². The number of hydrogen-bond donors (Lipinski definition) is 2. The van der Waals surface area contributed by atoms with E-state index in [9.17, 15) is 4.79 Å². The van der Waals surface area contributed by atoms with E-state index in [1.54, 1.807) is 0 Å². The Morgan fingerprint density at radius 1 is 1.43 bits per heavy atom. The fourth-order valence-electron chi connectivity index (χ4n) is 3.94. The monoisotopic (exact) mass is 297 g/mol.